The van der Waals surface area contributed by atoms with Crippen LogP contribution in [0.25, 0.3) is 5.65 Å². The molecule has 3 aromatic rings. The predicted octanol–water partition coefficient (Wildman–Crippen LogP) is 2.11. The molecule has 2 heterocycles. The van der Waals surface area contributed by atoms with Crippen LogP contribution in [0.15, 0.2) is 36.7 Å². The lowest BCUT2D eigenvalue weighted by Crippen LogP contribution is -2.30. The van der Waals surface area contributed by atoms with Crippen molar-refractivity contribution >= 4 is 41.5 Å². The van der Waals surface area contributed by atoms with Crippen molar-refractivity contribution in [2.24, 2.45) is 0 Å². The number of hydrogen-bond donors (Lipinski definition) is 3. The van der Waals surface area contributed by atoms with Gasteiger partial charge in [0, 0.05) is 0 Å². The van der Waals surface area contributed by atoms with Crippen molar-refractivity contribution in [3.05, 3.63) is 58.5 Å². The second-order valence-electron chi connectivity index (χ2n) is 5.54. The topological polar surface area (TPSA) is 117 Å². The summed E-state index contributed by atoms with van der Waals surface area (Å²) in [5.74, 6) is -2.45. The number of halogens is 2. The highest BCUT2D eigenvalue weighted by molar-refractivity contribution is 6.33. The fourth-order valence-corrected chi connectivity index (χ4v) is 2.90. The number of aryl methyl sites for hydroxylation is 2. The van der Waals surface area contributed by atoms with E-state index in [1.165, 1.54) is 10.8 Å². The van der Waals surface area contributed by atoms with Crippen molar-refractivity contribution in [2.75, 3.05) is 6.54 Å². The molecule has 10 heteroatoms. The van der Waals surface area contributed by atoms with E-state index in [1.54, 1.807) is 0 Å². The summed E-state index contributed by atoms with van der Waals surface area (Å²) in [4.78, 5) is 26.9. The number of rotatable bonds is 6. The molecule has 0 fully saturated rings. The zero-order chi connectivity index (χ0) is 18.7. The molecule has 0 aliphatic rings. The first kappa shape index (κ1) is 20.5. The molecule has 0 unspecified atom stereocenters. The Labute approximate surface area is 165 Å². The fourth-order valence-electron chi connectivity index (χ4n) is 2.63. The van der Waals surface area contributed by atoms with Crippen molar-refractivity contribution in [3.8, 4) is 5.75 Å². The average molecular weight is 411 g/mol. The van der Waals surface area contributed by atoms with Gasteiger partial charge in [0.1, 0.15) is 23.5 Å². The quantitative estimate of drug-likeness (QED) is 0.572. The highest BCUT2D eigenvalue weighted by Gasteiger charge is 2.24. The summed E-state index contributed by atoms with van der Waals surface area (Å²) >= 11 is 6.27. The van der Waals surface area contributed by atoms with Crippen molar-refractivity contribution in [2.45, 2.75) is 12.8 Å². The van der Waals surface area contributed by atoms with Gasteiger partial charge in [0.2, 0.25) is 0 Å². The van der Waals surface area contributed by atoms with Gasteiger partial charge in [0.05, 0.1) is 5.69 Å². The third-order valence-electron chi connectivity index (χ3n) is 3.85. The molecule has 0 saturated heterocycles. The van der Waals surface area contributed by atoms with E-state index in [9.17, 15) is 14.7 Å². The van der Waals surface area contributed by atoms with Crippen molar-refractivity contribution in [1.29, 1.82) is 0 Å². The molecule has 0 aliphatic carbocycles. The predicted molar refractivity (Wildman–Crippen MR) is 101 cm³/mol. The number of carbonyl (C=O) groups is 2. The second kappa shape index (κ2) is 8.70. The lowest BCUT2D eigenvalue weighted by Gasteiger charge is -2.13. The number of nitrogens with zero attached hydrogens (tertiary/aromatic N) is 3. The Hall–Kier alpha value is -2.84. The number of amides is 1. The zero-order valence-electron chi connectivity index (χ0n) is 13.9. The van der Waals surface area contributed by atoms with E-state index in [2.05, 4.69) is 15.4 Å². The molecule has 27 heavy (non-hydrogen) atoms. The Morgan fingerprint density at radius 3 is 2.56 bits per heavy atom. The van der Waals surface area contributed by atoms with Crippen molar-refractivity contribution in [3.63, 3.8) is 0 Å². The monoisotopic (exact) mass is 410 g/mol. The normalized spacial score (nSPS) is 10.4. The molecule has 0 spiro atoms. The Morgan fingerprint density at radius 1 is 1.19 bits per heavy atom. The van der Waals surface area contributed by atoms with E-state index in [-0.39, 0.29) is 28.6 Å². The molecule has 0 aliphatic heterocycles. The maximum absolute atomic E-state index is 12.3. The van der Waals surface area contributed by atoms with Gasteiger partial charge in [-0.15, -0.1) is 12.4 Å². The summed E-state index contributed by atoms with van der Waals surface area (Å²) in [5, 5.41) is 25.4. The van der Waals surface area contributed by atoms with Crippen LogP contribution in [-0.4, -0.2) is 43.2 Å². The Morgan fingerprint density at radius 2 is 1.89 bits per heavy atom. The first-order chi connectivity index (χ1) is 12.5. The van der Waals surface area contributed by atoms with E-state index in [1.807, 2.05) is 30.3 Å². The minimum Gasteiger partial charge on any atom is -0.505 e. The maximum Gasteiger partial charge on any atom is 0.322 e. The molecule has 3 N–H and O–H groups in total. The minimum absolute atomic E-state index is 0. The van der Waals surface area contributed by atoms with Gasteiger partial charge < -0.3 is 15.5 Å². The largest absolute Gasteiger partial charge is 0.505 e. The highest BCUT2D eigenvalue weighted by Crippen LogP contribution is 2.34. The zero-order valence-corrected chi connectivity index (χ0v) is 15.5. The van der Waals surface area contributed by atoms with Gasteiger partial charge in [0.25, 0.3) is 5.91 Å². The first-order valence-electron chi connectivity index (χ1n) is 7.76. The van der Waals surface area contributed by atoms with E-state index in [4.69, 9.17) is 16.7 Å². The van der Waals surface area contributed by atoms with Crippen LogP contribution < -0.4 is 5.32 Å². The molecule has 3 rings (SSSR count). The molecule has 1 aromatic carbocycles. The summed E-state index contributed by atoms with van der Waals surface area (Å²) in [5.41, 5.74) is 1.49. The molecule has 1 amide bonds. The van der Waals surface area contributed by atoms with E-state index < -0.39 is 24.2 Å². The maximum atomic E-state index is 12.3. The number of carboxylic acids is 1. The third-order valence-corrected chi connectivity index (χ3v) is 4.24. The lowest BCUT2D eigenvalue weighted by molar-refractivity contribution is -0.135. The summed E-state index contributed by atoms with van der Waals surface area (Å²) in [6, 6.07) is 9.72. The van der Waals surface area contributed by atoms with Crippen LogP contribution in [-0.2, 0) is 17.6 Å². The Balaban J connectivity index is 0.00000261. The number of benzene rings is 1. The number of pyridine rings is 1. The van der Waals surface area contributed by atoms with Crippen LogP contribution in [0.2, 0.25) is 5.02 Å². The number of aliphatic carboxylic acids is 1. The minimum atomic E-state index is -1.21. The molecular weight excluding hydrogens is 395 g/mol. The van der Waals surface area contributed by atoms with Crippen molar-refractivity contribution < 1.29 is 19.8 Å². The van der Waals surface area contributed by atoms with Crippen LogP contribution in [0.3, 0.4) is 0 Å². The van der Waals surface area contributed by atoms with E-state index in [0.29, 0.717) is 18.5 Å². The summed E-state index contributed by atoms with van der Waals surface area (Å²) in [6.07, 6.45) is 2.36. The third kappa shape index (κ3) is 4.29. The van der Waals surface area contributed by atoms with Gasteiger partial charge in [0.15, 0.2) is 11.4 Å². The number of aromatic hydroxyl groups is 1. The molecule has 0 saturated carbocycles. The summed E-state index contributed by atoms with van der Waals surface area (Å²) < 4.78 is 1.39. The van der Waals surface area contributed by atoms with Crippen LogP contribution in [0.5, 0.6) is 5.75 Å². The molecule has 0 radical (unpaired) electrons. The second-order valence-corrected chi connectivity index (χ2v) is 5.92. The standard InChI is InChI=1S/C17H15ClN4O4.ClH/c18-14-11(7-6-10-4-2-1-3-5-10)22-16(20-9-21-22)13(15(14)25)17(26)19-8-12(23)24;/h1-5,9,25H,6-8H2,(H,19,26)(H,23,24);1H. The van der Waals surface area contributed by atoms with Gasteiger partial charge in [-0.05, 0) is 18.4 Å². The number of fused-ring (bicyclic) bond motifs is 1. The van der Waals surface area contributed by atoms with Crippen molar-refractivity contribution in [1.82, 2.24) is 19.9 Å². The Kier molecular flexibility index (Phi) is 6.59. The van der Waals surface area contributed by atoms with Gasteiger partial charge in [-0.3, -0.25) is 9.59 Å². The van der Waals surface area contributed by atoms with Crippen LogP contribution in [0.4, 0.5) is 0 Å². The van der Waals surface area contributed by atoms with Gasteiger partial charge in [-0.2, -0.15) is 5.10 Å². The Bertz CT molecular complexity index is 976. The summed E-state index contributed by atoms with van der Waals surface area (Å²) in [7, 11) is 0. The average Bonchev–Trinajstić information content (AvgIpc) is 3.10. The molecule has 0 atom stereocenters. The van der Waals surface area contributed by atoms with Crippen LogP contribution in [0, 0.1) is 0 Å². The summed E-state index contributed by atoms with van der Waals surface area (Å²) in [6.45, 7) is -0.591. The number of aromatic nitrogens is 3. The van der Waals surface area contributed by atoms with Crippen LogP contribution in [0.1, 0.15) is 21.6 Å². The first-order valence-corrected chi connectivity index (χ1v) is 8.13. The molecule has 0 bridgehead atoms. The fraction of sp³-hybridized carbons (Fsp3) is 0.176. The molecule has 142 valence electrons. The molecule has 8 nitrogen and oxygen atoms in total. The molecular formula is C17H16Cl2N4O4. The van der Waals surface area contributed by atoms with Gasteiger partial charge in [-0.1, -0.05) is 41.9 Å². The van der Waals surface area contributed by atoms with E-state index in [0.717, 1.165) is 5.56 Å². The number of hydrogen-bond acceptors (Lipinski definition) is 5. The van der Waals surface area contributed by atoms with Crippen LogP contribution >= 0.6 is 24.0 Å². The SMILES string of the molecule is Cl.O=C(O)CNC(=O)c1c(O)c(Cl)c(CCc2ccccc2)n2ncnc12. The number of nitrogens with one attached hydrogen (secondary N) is 1. The highest BCUT2D eigenvalue weighted by atomic mass is 35.5. The smallest absolute Gasteiger partial charge is 0.322 e. The van der Waals surface area contributed by atoms with E-state index >= 15 is 0 Å². The number of carboxylic acid groups (broad SMARTS) is 1. The van der Waals surface area contributed by atoms with Gasteiger partial charge in [-0.25, -0.2) is 9.50 Å². The molecule has 2 aromatic heterocycles. The lowest BCUT2D eigenvalue weighted by atomic mass is 10.1. The number of carbonyl (C=O) groups excluding carboxylic acids is 1. The van der Waals surface area contributed by atoms with Gasteiger partial charge >= 0.3 is 5.97 Å².